The molecule has 0 aliphatic rings. The van der Waals surface area contributed by atoms with Crippen LogP contribution in [0.15, 0.2) is 29.3 Å². The Balaban J connectivity index is 0.00000484. The smallest absolute Gasteiger partial charge is 0.222 e. The molecule has 1 aromatic carbocycles. The number of carbonyl (C=O) groups excluding carboxylic acids is 1. The third-order valence-electron chi connectivity index (χ3n) is 3.41. The average Bonchev–Trinajstić information content (AvgIpc) is 2.54. The van der Waals surface area contributed by atoms with E-state index in [1.807, 2.05) is 19.9 Å². The van der Waals surface area contributed by atoms with Gasteiger partial charge in [0.1, 0.15) is 0 Å². The molecule has 0 heterocycles. The average molecular weight is 432 g/mol. The van der Waals surface area contributed by atoms with Crippen molar-refractivity contribution in [2.45, 2.75) is 33.7 Å². The lowest BCUT2D eigenvalue weighted by Crippen LogP contribution is -2.41. The van der Waals surface area contributed by atoms with Crippen molar-refractivity contribution in [1.82, 2.24) is 16.0 Å². The number of halogens is 1. The number of aryl methyl sites for hydroxylation is 1. The third kappa shape index (κ3) is 8.20. The van der Waals surface area contributed by atoms with Crippen molar-refractivity contribution in [2.75, 3.05) is 20.1 Å². The van der Waals surface area contributed by atoms with E-state index in [1.54, 1.807) is 7.05 Å². The highest BCUT2D eigenvalue weighted by atomic mass is 127. The summed E-state index contributed by atoms with van der Waals surface area (Å²) in [7, 11) is 1.74. The SMILES string of the molecule is CCc1ccccc1CNC(=NC)NCCNC(=O)C(C)C.I. The second kappa shape index (κ2) is 12.2. The van der Waals surface area contributed by atoms with E-state index in [9.17, 15) is 4.79 Å². The Labute approximate surface area is 156 Å². The quantitative estimate of drug-likeness (QED) is 0.268. The van der Waals surface area contributed by atoms with Gasteiger partial charge >= 0.3 is 0 Å². The molecule has 1 rings (SSSR count). The highest BCUT2D eigenvalue weighted by Gasteiger charge is 2.05. The highest BCUT2D eigenvalue weighted by Crippen LogP contribution is 2.08. The van der Waals surface area contributed by atoms with Crippen LogP contribution in [0.4, 0.5) is 0 Å². The summed E-state index contributed by atoms with van der Waals surface area (Å²) < 4.78 is 0. The lowest BCUT2D eigenvalue weighted by Gasteiger charge is -2.14. The van der Waals surface area contributed by atoms with Gasteiger partial charge in [0.05, 0.1) is 0 Å². The molecular weight excluding hydrogens is 403 g/mol. The molecular formula is C17H29IN4O. The van der Waals surface area contributed by atoms with E-state index < -0.39 is 0 Å². The van der Waals surface area contributed by atoms with Crippen molar-refractivity contribution < 1.29 is 4.79 Å². The molecule has 5 nitrogen and oxygen atoms in total. The lowest BCUT2D eigenvalue weighted by atomic mass is 10.1. The van der Waals surface area contributed by atoms with E-state index in [-0.39, 0.29) is 35.8 Å². The molecule has 6 heteroatoms. The van der Waals surface area contributed by atoms with Crippen LogP contribution in [-0.4, -0.2) is 32.0 Å². The summed E-state index contributed by atoms with van der Waals surface area (Å²) in [6.07, 6.45) is 1.02. The standard InChI is InChI=1S/C17H28N4O.HI/c1-5-14-8-6-7-9-15(14)12-21-17(18-4)20-11-10-19-16(22)13(2)3;/h6-9,13H,5,10-12H2,1-4H3,(H,19,22)(H2,18,20,21);1H. The fourth-order valence-corrected chi connectivity index (χ4v) is 2.05. The van der Waals surface area contributed by atoms with Crippen molar-refractivity contribution >= 4 is 35.8 Å². The summed E-state index contributed by atoms with van der Waals surface area (Å²) in [6.45, 7) is 7.89. The number of hydrogen-bond donors (Lipinski definition) is 3. The van der Waals surface area contributed by atoms with Crippen LogP contribution >= 0.6 is 24.0 Å². The Kier molecular flexibility index (Phi) is 11.5. The van der Waals surface area contributed by atoms with Gasteiger partial charge in [0.2, 0.25) is 5.91 Å². The molecule has 1 amide bonds. The Morgan fingerprint density at radius 1 is 1.09 bits per heavy atom. The van der Waals surface area contributed by atoms with Gasteiger partial charge in [-0.1, -0.05) is 45.0 Å². The Hall–Kier alpha value is -1.31. The zero-order chi connectivity index (χ0) is 16.4. The molecule has 0 saturated carbocycles. The zero-order valence-corrected chi connectivity index (χ0v) is 16.8. The molecule has 0 aliphatic carbocycles. The van der Waals surface area contributed by atoms with Crippen LogP contribution in [0.1, 0.15) is 31.9 Å². The zero-order valence-electron chi connectivity index (χ0n) is 14.5. The molecule has 0 atom stereocenters. The first-order valence-corrected chi connectivity index (χ1v) is 7.87. The summed E-state index contributed by atoms with van der Waals surface area (Å²) in [5, 5.41) is 9.36. The van der Waals surface area contributed by atoms with Gasteiger partial charge in [-0.2, -0.15) is 0 Å². The predicted octanol–water partition coefficient (Wildman–Crippen LogP) is 2.30. The number of rotatable bonds is 7. The molecule has 0 aliphatic heterocycles. The van der Waals surface area contributed by atoms with E-state index in [4.69, 9.17) is 0 Å². The van der Waals surface area contributed by atoms with Gasteiger partial charge < -0.3 is 16.0 Å². The third-order valence-corrected chi connectivity index (χ3v) is 3.41. The van der Waals surface area contributed by atoms with Crippen LogP contribution in [0, 0.1) is 5.92 Å². The minimum Gasteiger partial charge on any atom is -0.355 e. The maximum Gasteiger partial charge on any atom is 0.222 e. The second-order valence-electron chi connectivity index (χ2n) is 5.42. The first-order chi connectivity index (χ1) is 10.6. The van der Waals surface area contributed by atoms with Crippen LogP contribution in [-0.2, 0) is 17.8 Å². The number of amides is 1. The number of carbonyl (C=O) groups is 1. The molecule has 0 spiro atoms. The molecule has 3 N–H and O–H groups in total. The van der Waals surface area contributed by atoms with E-state index in [1.165, 1.54) is 11.1 Å². The second-order valence-corrected chi connectivity index (χ2v) is 5.42. The van der Waals surface area contributed by atoms with Gasteiger partial charge in [-0.3, -0.25) is 9.79 Å². The van der Waals surface area contributed by atoms with Gasteiger partial charge in [0.15, 0.2) is 5.96 Å². The van der Waals surface area contributed by atoms with E-state index in [0.717, 1.165) is 18.9 Å². The fraction of sp³-hybridized carbons (Fsp3) is 0.529. The summed E-state index contributed by atoms with van der Waals surface area (Å²) in [5.74, 6) is 0.828. The van der Waals surface area contributed by atoms with Crippen LogP contribution in [0.5, 0.6) is 0 Å². The fourth-order valence-electron chi connectivity index (χ4n) is 2.05. The minimum absolute atomic E-state index is 0. The van der Waals surface area contributed by atoms with Gasteiger partial charge in [0.25, 0.3) is 0 Å². The summed E-state index contributed by atoms with van der Waals surface area (Å²) in [4.78, 5) is 15.6. The monoisotopic (exact) mass is 432 g/mol. The van der Waals surface area contributed by atoms with Gasteiger partial charge in [-0.05, 0) is 17.5 Å². The maximum absolute atomic E-state index is 11.5. The number of aliphatic imine (C=N–C) groups is 1. The first-order valence-electron chi connectivity index (χ1n) is 7.87. The normalized spacial score (nSPS) is 10.9. The van der Waals surface area contributed by atoms with Crippen LogP contribution in [0.25, 0.3) is 0 Å². The van der Waals surface area contributed by atoms with Crippen molar-refractivity contribution in [2.24, 2.45) is 10.9 Å². The van der Waals surface area contributed by atoms with Gasteiger partial charge in [-0.25, -0.2) is 0 Å². The minimum atomic E-state index is 0. The largest absolute Gasteiger partial charge is 0.355 e. The van der Waals surface area contributed by atoms with Crippen molar-refractivity contribution in [3.05, 3.63) is 35.4 Å². The Morgan fingerprint density at radius 2 is 1.70 bits per heavy atom. The van der Waals surface area contributed by atoms with Gasteiger partial charge in [-0.15, -0.1) is 24.0 Å². The number of nitrogens with zero attached hydrogens (tertiary/aromatic N) is 1. The topological polar surface area (TPSA) is 65.5 Å². The molecule has 0 unspecified atom stereocenters. The van der Waals surface area contributed by atoms with E-state index in [2.05, 4.69) is 46.1 Å². The Morgan fingerprint density at radius 3 is 2.26 bits per heavy atom. The predicted molar refractivity (Wildman–Crippen MR) is 107 cm³/mol. The van der Waals surface area contributed by atoms with E-state index >= 15 is 0 Å². The van der Waals surface area contributed by atoms with Gasteiger partial charge in [0, 0.05) is 32.6 Å². The summed E-state index contributed by atoms with van der Waals surface area (Å²) >= 11 is 0. The molecule has 0 radical (unpaired) electrons. The Bertz CT molecular complexity index is 503. The maximum atomic E-state index is 11.5. The van der Waals surface area contributed by atoms with Crippen molar-refractivity contribution in [3.63, 3.8) is 0 Å². The van der Waals surface area contributed by atoms with E-state index in [0.29, 0.717) is 13.1 Å². The van der Waals surface area contributed by atoms with Crippen LogP contribution in [0.2, 0.25) is 0 Å². The molecule has 1 aromatic rings. The molecule has 0 bridgehead atoms. The number of benzene rings is 1. The van der Waals surface area contributed by atoms with Crippen molar-refractivity contribution in [3.8, 4) is 0 Å². The first kappa shape index (κ1) is 21.7. The van der Waals surface area contributed by atoms with Crippen LogP contribution in [0.3, 0.4) is 0 Å². The summed E-state index contributed by atoms with van der Waals surface area (Å²) in [6, 6.07) is 8.39. The number of hydrogen-bond acceptors (Lipinski definition) is 2. The lowest BCUT2D eigenvalue weighted by molar-refractivity contribution is -0.123. The molecule has 130 valence electrons. The molecule has 0 fully saturated rings. The molecule has 0 saturated heterocycles. The molecule has 23 heavy (non-hydrogen) atoms. The summed E-state index contributed by atoms with van der Waals surface area (Å²) in [5.41, 5.74) is 2.62. The highest BCUT2D eigenvalue weighted by molar-refractivity contribution is 14.0. The molecule has 0 aromatic heterocycles. The van der Waals surface area contributed by atoms with Crippen molar-refractivity contribution in [1.29, 1.82) is 0 Å². The number of guanidine groups is 1. The number of nitrogens with one attached hydrogen (secondary N) is 3. The van der Waals surface area contributed by atoms with Crippen LogP contribution < -0.4 is 16.0 Å².